The Labute approximate surface area is 412 Å². The summed E-state index contributed by atoms with van der Waals surface area (Å²) in [5.74, 6) is 1.61. The molecule has 330 valence electrons. The Morgan fingerprint density at radius 1 is 0.314 bits per heavy atom. The van der Waals surface area contributed by atoms with Crippen LogP contribution in [-0.4, -0.2) is 27.9 Å². The lowest BCUT2D eigenvalue weighted by Gasteiger charge is -2.13. The van der Waals surface area contributed by atoms with Crippen LogP contribution < -0.4 is 0 Å². The Kier molecular flexibility index (Phi) is 9.21. The van der Waals surface area contributed by atoms with Crippen molar-refractivity contribution in [1.82, 2.24) is 27.9 Å². The molecule has 70 heavy (non-hydrogen) atoms. The summed E-state index contributed by atoms with van der Waals surface area (Å²) in [5, 5.41) is 1.25. The Balaban J connectivity index is 0.940. The second kappa shape index (κ2) is 16.0. The highest BCUT2D eigenvalue weighted by Crippen LogP contribution is 2.41. The molecule has 14 rings (SSSR count). The van der Waals surface area contributed by atoms with Crippen molar-refractivity contribution in [3.05, 3.63) is 241 Å². The van der Waals surface area contributed by atoms with Gasteiger partial charge in [0.15, 0.2) is 0 Å². The second-order valence-electron chi connectivity index (χ2n) is 17.8. The first-order valence-electron chi connectivity index (χ1n) is 23.3. The molecule has 14 aromatic rings. The molecule has 0 N–H and O–H groups in total. The number of halogens is 2. The number of hydrogen-bond acceptors (Lipinski definition) is 2. The van der Waals surface area contributed by atoms with Gasteiger partial charge in [0.1, 0.15) is 5.52 Å². The molecule has 0 aliphatic carbocycles. The van der Waals surface area contributed by atoms with Crippen molar-refractivity contribution in [3.63, 3.8) is 0 Å². The van der Waals surface area contributed by atoms with Crippen LogP contribution in [-0.2, 0) is 0 Å². The summed E-state index contributed by atoms with van der Waals surface area (Å²) in [6, 6.07) is 81.2. The van der Waals surface area contributed by atoms with Gasteiger partial charge in [0.05, 0.1) is 55.0 Å². The van der Waals surface area contributed by atoms with Gasteiger partial charge in [-0.1, -0.05) is 169 Å². The molecule has 0 fully saturated rings. The van der Waals surface area contributed by atoms with Crippen molar-refractivity contribution in [2.24, 2.45) is 0 Å². The van der Waals surface area contributed by atoms with Crippen LogP contribution in [0.2, 0.25) is 10.0 Å². The number of rotatable bonds is 7. The molecule has 0 saturated carbocycles. The number of aromatic nitrogens is 6. The number of imidazole rings is 4. The number of hydrogen-bond donors (Lipinski definition) is 0. The monoisotopic (exact) mass is 936 g/mol. The lowest BCUT2D eigenvalue weighted by atomic mass is 9.96. The lowest BCUT2D eigenvalue weighted by molar-refractivity contribution is 1.11. The third-order valence-electron chi connectivity index (χ3n) is 13.6. The van der Waals surface area contributed by atoms with Gasteiger partial charge in [-0.3, -0.25) is 17.9 Å². The Morgan fingerprint density at radius 3 is 1.27 bits per heavy atom. The largest absolute Gasteiger partial charge is 0.278 e. The van der Waals surface area contributed by atoms with Crippen molar-refractivity contribution in [1.29, 1.82) is 0 Å². The second-order valence-corrected chi connectivity index (χ2v) is 18.6. The molecule has 4 heterocycles. The van der Waals surface area contributed by atoms with Gasteiger partial charge in [0.2, 0.25) is 11.6 Å². The number of nitrogens with zero attached hydrogens (tertiary/aromatic N) is 6. The molecule has 0 radical (unpaired) electrons. The van der Waals surface area contributed by atoms with Crippen LogP contribution in [0.25, 0.3) is 123 Å². The van der Waals surface area contributed by atoms with E-state index in [1.54, 1.807) is 0 Å². The van der Waals surface area contributed by atoms with Crippen LogP contribution >= 0.6 is 23.2 Å². The molecule has 0 aliphatic rings. The minimum Gasteiger partial charge on any atom is -0.278 e. The van der Waals surface area contributed by atoms with Gasteiger partial charge in [-0.15, -0.1) is 0 Å². The molecule has 0 bridgehead atoms. The zero-order valence-corrected chi connectivity index (χ0v) is 38.9. The van der Waals surface area contributed by atoms with E-state index in [2.05, 4.69) is 230 Å². The van der Waals surface area contributed by atoms with E-state index in [4.69, 9.17) is 33.2 Å². The van der Waals surface area contributed by atoms with Gasteiger partial charge in [0, 0.05) is 10.6 Å². The first-order valence-corrected chi connectivity index (χ1v) is 24.0. The predicted molar refractivity (Wildman–Crippen MR) is 290 cm³/mol. The normalized spacial score (nSPS) is 11.9. The molecule has 0 amide bonds. The molecule has 0 aliphatic heterocycles. The average Bonchev–Trinajstić information content (AvgIpc) is 4.16. The minimum atomic E-state index is 0.624. The molecule has 0 saturated heterocycles. The average molecular weight is 938 g/mol. The molecule has 8 heteroatoms. The van der Waals surface area contributed by atoms with Crippen LogP contribution in [0.3, 0.4) is 0 Å². The molecular weight excluding hydrogens is 900 g/mol. The van der Waals surface area contributed by atoms with Gasteiger partial charge in [-0.2, -0.15) is 0 Å². The van der Waals surface area contributed by atoms with Gasteiger partial charge >= 0.3 is 0 Å². The van der Waals surface area contributed by atoms with Crippen molar-refractivity contribution in [2.45, 2.75) is 0 Å². The molecule has 0 atom stereocenters. The maximum absolute atomic E-state index is 7.03. The fourth-order valence-electron chi connectivity index (χ4n) is 10.5. The summed E-state index contributed by atoms with van der Waals surface area (Å²) in [5.41, 5.74) is 20.8. The summed E-state index contributed by atoms with van der Waals surface area (Å²) in [6.45, 7) is 0. The smallest absolute Gasteiger partial charge is 0.220 e. The van der Waals surface area contributed by atoms with Crippen LogP contribution in [0.1, 0.15) is 0 Å². The molecule has 10 aromatic carbocycles. The topological polar surface area (TPSA) is 44.5 Å². The standard InChI is InChI=1S/C62H38Cl2N6/c63-48-37-51(60-53(38-48)65-61-67(55-23-11-13-25-57(55)70(60)61)49-33-44(39-15-4-1-5-16-39)31-45(34-49)40-17-6-2-7-18-40)43-29-27-42(28-30-43)47-32-46(41-19-8-3-9-20-41)35-50(36-47)68-54-22-10-12-24-56(54)69-58-26-14-21-52(64)59(58)66-62(68)69/h1-38H. The molecule has 0 spiro atoms. The number of benzene rings is 10. The zero-order valence-electron chi connectivity index (χ0n) is 37.4. The van der Waals surface area contributed by atoms with Crippen molar-refractivity contribution >= 4 is 78.9 Å². The third kappa shape index (κ3) is 6.42. The van der Waals surface area contributed by atoms with Gasteiger partial charge in [-0.05, 0) is 135 Å². The van der Waals surface area contributed by atoms with Crippen molar-refractivity contribution in [3.8, 4) is 67.0 Å². The Bertz CT molecular complexity index is 4300. The first kappa shape index (κ1) is 40.4. The quantitative estimate of drug-likeness (QED) is 0.160. The van der Waals surface area contributed by atoms with E-state index in [1.807, 2.05) is 18.2 Å². The molecule has 6 nitrogen and oxygen atoms in total. The molecule has 0 unspecified atom stereocenters. The van der Waals surface area contributed by atoms with E-state index in [0.717, 1.165) is 123 Å². The highest BCUT2D eigenvalue weighted by molar-refractivity contribution is 6.35. The zero-order chi connectivity index (χ0) is 46.5. The fourth-order valence-corrected chi connectivity index (χ4v) is 10.9. The minimum absolute atomic E-state index is 0.624. The highest BCUT2D eigenvalue weighted by atomic mass is 35.5. The van der Waals surface area contributed by atoms with Crippen molar-refractivity contribution < 1.29 is 0 Å². The van der Waals surface area contributed by atoms with Gasteiger partial charge in [-0.25, -0.2) is 9.97 Å². The van der Waals surface area contributed by atoms with Crippen LogP contribution in [0.4, 0.5) is 0 Å². The summed E-state index contributed by atoms with van der Waals surface area (Å²) in [7, 11) is 0. The Morgan fingerprint density at radius 2 is 0.743 bits per heavy atom. The lowest BCUT2D eigenvalue weighted by Crippen LogP contribution is -1.97. The third-order valence-corrected chi connectivity index (χ3v) is 14.2. The Hall–Kier alpha value is -8.68. The SMILES string of the molecule is Clc1cc(-c2ccc(-c3cc(-c4ccccc4)cc(-n4c5ccccc5n5c6cccc(Cl)c6nc45)c3)cc2)c2c(c1)nc1n(-c3cc(-c4ccccc4)cc(-c4ccccc4)c3)c3ccccc3n21. The van der Waals surface area contributed by atoms with Crippen LogP contribution in [0, 0.1) is 0 Å². The van der Waals surface area contributed by atoms with E-state index in [0.29, 0.717) is 10.0 Å². The number of para-hydroxylation sites is 5. The van der Waals surface area contributed by atoms with E-state index < -0.39 is 0 Å². The summed E-state index contributed by atoms with van der Waals surface area (Å²) < 4.78 is 9.04. The maximum atomic E-state index is 7.03. The molecule has 4 aromatic heterocycles. The summed E-state index contributed by atoms with van der Waals surface area (Å²) in [6.07, 6.45) is 0. The predicted octanol–water partition coefficient (Wildman–Crippen LogP) is 16.8. The van der Waals surface area contributed by atoms with E-state index in [1.165, 1.54) is 0 Å². The van der Waals surface area contributed by atoms with E-state index in [9.17, 15) is 0 Å². The fraction of sp³-hybridized carbons (Fsp3) is 0. The summed E-state index contributed by atoms with van der Waals surface area (Å²) in [4.78, 5) is 10.6. The van der Waals surface area contributed by atoms with Gasteiger partial charge < -0.3 is 0 Å². The number of fused-ring (bicyclic) bond motifs is 10. The van der Waals surface area contributed by atoms with Crippen molar-refractivity contribution in [2.75, 3.05) is 0 Å². The van der Waals surface area contributed by atoms with Crippen LogP contribution in [0.15, 0.2) is 231 Å². The highest BCUT2D eigenvalue weighted by Gasteiger charge is 2.23. The van der Waals surface area contributed by atoms with Gasteiger partial charge in [0.25, 0.3) is 0 Å². The first-order chi connectivity index (χ1) is 34.5. The van der Waals surface area contributed by atoms with E-state index >= 15 is 0 Å². The summed E-state index contributed by atoms with van der Waals surface area (Å²) >= 11 is 13.8. The van der Waals surface area contributed by atoms with Crippen LogP contribution in [0.5, 0.6) is 0 Å². The molecular formula is C62H38Cl2N6. The maximum Gasteiger partial charge on any atom is 0.220 e. The van der Waals surface area contributed by atoms with E-state index in [-0.39, 0.29) is 0 Å².